The van der Waals surface area contributed by atoms with Crippen molar-refractivity contribution >= 4 is 0 Å². The Morgan fingerprint density at radius 2 is 1.67 bits per heavy atom. The number of hydrogen-bond acceptors (Lipinski definition) is 2. The molecule has 90 valence electrons. The molecule has 1 heterocycles. The second-order valence-electron chi connectivity index (χ2n) is 4.91. The fourth-order valence-electron chi connectivity index (χ4n) is 2.26. The minimum absolute atomic E-state index is 0.142. The Kier molecular flexibility index (Phi) is 7.03. The predicted octanol–water partition coefficient (Wildman–Crippen LogP) is 3.13. The molecule has 2 aliphatic rings. The highest BCUT2D eigenvalue weighted by atomic mass is 16.5. The average Bonchev–Trinajstić information content (AvgIpc) is 2.32. The molecule has 1 saturated heterocycles. The predicted molar refractivity (Wildman–Crippen MR) is 62.9 cm³/mol. The summed E-state index contributed by atoms with van der Waals surface area (Å²) in [6.07, 6.45) is 11.0. The molecule has 1 aliphatic heterocycles. The number of aliphatic hydroxyl groups is 1. The van der Waals surface area contributed by atoms with E-state index in [1.807, 2.05) is 0 Å². The van der Waals surface area contributed by atoms with Gasteiger partial charge in [0, 0.05) is 6.61 Å². The molecule has 2 nitrogen and oxygen atoms in total. The van der Waals surface area contributed by atoms with Crippen LogP contribution in [-0.2, 0) is 4.74 Å². The van der Waals surface area contributed by atoms with E-state index in [-0.39, 0.29) is 12.7 Å². The molecule has 1 aliphatic carbocycles. The maximum absolute atomic E-state index is 8.57. The Hall–Kier alpha value is -0.0800. The Bertz CT molecular complexity index is 135. The van der Waals surface area contributed by atoms with Crippen molar-refractivity contribution in [2.24, 2.45) is 5.92 Å². The zero-order valence-corrected chi connectivity index (χ0v) is 10.1. The SMILES string of the molecule is CC1CCCCC1.OCC1CCCCO1. The van der Waals surface area contributed by atoms with Gasteiger partial charge >= 0.3 is 0 Å². The zero-order valence-electron chi connectivity index (χ0n) is 10.1. The van der Waals surface area contributed by atoms with Crippen molar-refractivity contribution < 1.29 is 9.84 Å². The summed E-state index contributed by atoms with van der Waals surface area (Å²) in [5.41, 5.74) is 0. The van der Waals surface area contributed by atoms with Crippen LogP contribution < -0.4 is 0 Å². The Morgan fingerprint density at radius 3 is 2.00 bits per heavy atom. The first-order valence-corrected chi connectivity index (χ1v) is 6.55. The topological polar surface area (TPSA) is 29.5 Å². The van der Waals surface area contributed by atoms with Crippen LogP contribution in [-0.4, -0.2) is 24.4 Å². The molecule has 1 atom stereocenters. The van der Waals surface area contributed by atoms with Crippen LogP contribution in [0, 0.1) is 5.92 Å². The van der Waals surface area contributed by atoms with Gasteiger partial charge in [0.05, 0.1) is 12.7 Å². The summed E-state index contributed by atoms with van der Waals surface area (Å²) < 4.78 is 5.18. The van der Waals surface area contributed by atoms with Gasteiger partial charge in [0.2, 0.25) is 0 Å². The average molecular weight is 214 g/mol. The molecule has 0 bridgehead atoms. The fraction of sp³-hybridized carbons (Fsp3) is 1.00. The molecule has 15 heavy (non-hydrogen) atoms. The normalized spacial score (nSPS) is 28.0. The fourth-order valence-corrected chi connectivity index (χ4v) is 2.26. The van der Waals surface area contributed by atoms with Crippen LogP contribution in [0.5, 0.6) is 0 Å². The second kappa shape index (κ2) is 8.12. The van der Waals surface area contributed by atoms with Gasteiger partial charge in [0.1, 0.15) is 0 Å². The molecule has 0 amide bonds. The van der Waals surface area contributed by atoms with Crippen LogP contribution in [0.4, 0.5) is 0 Å². The third kappa shape index (κ3) is 6.16. The summed E-state index contributed by atoms with van der Waals surface area (Å²) >= 11 is 0. The molecule has 1 N–H and O–H groups in total. The van der Waals surface area contributed by atoms with E-state index in [1.54, 1.807) is 0 Å². The van der Waals surface area contributed by atoms with E-state index in [9.17, 15) is 0 Å². The summed E-state index contributed by atoms with van der Waals surface area (Å²) in [6.45, 7) is 3.39. The van der Waals surface area contributed by atoms with Gasteiger partial charge in [-0.1, -0.05) is 39.0 Å². The highest BCUT2D eigenvalue weighted by Crippen LogP contribution is 2.22. The summed E-state index contributed by atoms with van der Waals surface area (Å²) in [5, 5.41) is 8.57. The smallest absolute Gasteiger partial charge is 0.0805 e. The number of ether oxygens (including phenoxy) is 1. The Morgan fingerprint density at radius 1 is 1.00 bits per heavy atom. The number of rotatable bonds is 1. The van der Waals surface area contributed by atoms with E-state index < -0.39 is 0 Å². The van der Waals surface area contributed by atoms with Crippen LogP contribution in [0.2, 0.25) is 0 Å². The van der Waals surface area contributed by atoms with Gasteiger partial charge in [-0.2, -0.15) is 0 Å². The van der Waals surface area contributed by atoms with E-state index >= 15 is 0 Å². The number of aliphatic hydroxyl groups excluding tert-OH is 1. The second-order valence-corrected chi connectivity index (χ2v) is 4.91. The molecule has 1 unspecified atom stereocenters. The first kappa shape index (κ1) is 13.0. The van der Waals surface area contributed by atoms with Crippen molar-refractivity contribution in [2.75, 3.05) is 13.2 Å². The molecule has 0 aromatic carbocycles. The van der Waals surface area contributed by atoms with Crippen molar-refractivity contribution in [3.8, 4) is 0 Å². The molecule has 0 spiro atoms. The lowest BCUT2D eigenvalue weighted by Crippen LogP contribution is -2.22. The van der Waals surface area contributed by atoms with E-state index in [4.69, 9.17) is 9.84 Å². The maximum Gasteiger partial charge on any atom is 0.0805 e. The van der Waals surface area contributed by atoms with Gasteiger partial charge in [0.15, 0.2) is 0 Å². The molecule has 2 heteroatoms. The monoisotopic (exact) mass is 214 g/mol. The van der Waals surface area contributed by atoms with Crippen molar-refractivity contribution in [2.45, 2.75) is 64.4 Å². The molecular formula is C13H26O2. The summed E-state index contributed by atoms with van der Waals surface area (Å²) in [4.78, 5) is 0. The first-order chi connectivity index (χ1) is 7.33. The minimum atomic E-state index is 0.142. The molecule has 2 fully saturated rings. The summed E-state index contributed by atoms with van der Waals surface area (Å²) in [5.74, 6) is 1.04. The van der Waals surface area contributed by atoms with Crippen molar-refractivity contribution in [3.05, 3.63) is 0 Å². The zero-order chi connectivity index (χ0) is 10.9. The van der Waals surface area contributed by atoms with Crippen molar-refractivity contribution in [3.63, 3.8) is 0 Å². The Labute approximate surface area is 94.0 Å². The molecule has 1 saturated carbocycles. The molecular weight excluding hydrogens is 188 g/mol. The van der Waals surface area contributed by atoms with Crippen LogP contribution >= 0.6 is 0 Å². The molecule has 0 aromatic heterocycles. The lowest BCUT2D eigenvalue weighted by atomic mass is 9.91. The summed E-state index contributed by atoms with van der Waals surface area (Å²) in [6, 6.07) is 0. The lowest BCUT2D eigenvalue weighted by Gasteiger charge is -2.19. The van der Waals surface area contributed by atoms with Crippen molar-refractivity contribution in [1.29, 1.82) is 0 Å². The van der Waals surface area contributed by atoms with Gasteiger partial charge < -0.3 is 9.84 Å². The summed E-state index contributed by atoms with van der Waals surface area (Å²) in [7, 11) is 0. The van der Waals surface area contributed by atoms with Gasteiger partial charge in [-0.05, 0) is 25.2 Å². The molecule has 2 rings (SSSR count). The first-order valence-electron chi connectivity index (χ1n) is 6.55. The van der Waals surface area contributed by atoms with E-state index in [2.05, 4.69) is 6.92 Å². The van der Waals surface area contributed by atoms with E-state index in [0.717, 1.165) is 25.4 Å². The molecule has 0 radical (unpaired) electrons. The number of hydrogen-bond donors (Lipinski definition) is 1. The van der Waals surface area contributed by atoms with Crippen LogP contribution in [0.25, 0.3) is 0 Å². The Balaban J connectivity index is 0.000000151. The van der Waals surface area contributed by atoms with Crippen LogP contribution in [0.1, 0.15) is 58.3 Å². The third-order valence-electron chi connectivity index (χ3n) is 3.37. The van der Waals surface area contributed by atoms with Gasteiger partial charge in [0.25, 0.3) is 0 Å². The van der Waals surface area contributed by atoms with Gasteiger partial charge in [-0.25, -0.2) is 0 Å². The van der Waals surface area contributed by atoms with Gasteiger partial charge in [-0.15, -0.1) is 0 Å². The highest BCUT2D eigenvalue weighted by molar-refractivity contribution is 4.60. The van der Waals surface area contributed by atoms with Crippen LogP contribution in [0.3, 0.4) is 0 Å². The third-order valence-corrected chi connectivity index (χ3v) is 3.37. The van der Waals surface area contributed by atoms with Gasteiger partial charge in [-0.3, -0.25) is 0 Å². The lowest BCUT2D eigenvalue weighted by molar-refractivity contribution is -0.0172. The maximum atomic E-state index is 8.57. The largest absolute Gasteiger partial charge is 0.394 e. The van der Waals surface area contributed by atoms with Crippen molar-refractivity contribution in [1.82, 2.24) is 0 Å². The van der Waals surface area contributed by atoms with Crippen LogP contribution in [0.15, 0.2) is 0 Å². The molecule has 0 aromatic rings. The highest BCUT2D eigenvalue weighted by Gasteiger charge is 2.10. The standard InChI is InChI=1S/C7H14.C6H12O2/c1-7-5-3-2-4-6-7;7-5-6-3-1-2-4-8-6/h7H,2-6H2,1H3;6-7H,1-5H2. The van der Waals surface area contributed by atoms with E-state index in [1.165, 1.54) is 38.5 Å². The minimum Gasteiger partial charge on any atom is -0.394 e. The van der Waals surface area contributed by atoms with E-state index in [0.29, 0.717) is 0 Å². The quantitative estimate of drug-likeness (QED) is 0.726.